The van der Waals surface area contributed by atoms with Crippen LogP contribution >= 0.6 is 15.9 Å². The number of rotatable bonds is 2. The van der Waals surface area contributed by atoms with Crippen molar-refractivity contribution in [3.05, 3.63) is 40.5 Å². The van der Waals surface area contributed by atoms with Crippen LogP contribution in [0.1, 0.15) is 5.69 Å². The molecule has 0 fully saturated rings. The van der Waals surface area contributed by atoms with Crippen LogP contribution in [0, 0.1) is 6.92 Å². The lowest BCUT2D eigenvalue weighted by Gasteiger charge is -2.11. The average molecular weight is 333 g/mol. The van der Waals surface area contributed by atoms with E-state index in [0.29, 0.717) is 11.7 Å². The number of pyridine rings is 1. The zero-order valence-corrected chi connectivity index (χ0v) is 12.7. The minimum Gasteiger partial charge on any atom is -0.495 e. The van der Waals surface area contributed by atoms with Gasteiger partial charge in [0.1, 0.15) is 11.3 Å². The Morgan fingerprint density at radius 1 is 1.20 bits per heavy atom. The van der Waals surface area contributed by atoms with Gasteiger partial charge in [-0.25, -0.2) is 9.97 Å². The molecular weight excluding hydrogens is 320 g/mol. The van der Waals surface area contributed by atoms with Gasteiger partial charge in [0.05, 0.1) is 12.8 Å². The zero-order chi connectivity index (χ0) is 14.3. The van der Waals surface area contributed by atoms with Gasteiger partial charge in [-0.3, -0.25) is 4.57 Å². The van der Waals surface area contributed by atoms with Gasteiger partial charge in [0.2, 0.25) is 5.95 Å². The van der Waals surface area contributed by atoms with Crippen LogP contribution in [0.2, 0.25) is 0 Å². The molecule has 0 bridgehead atoms. The molecule has 0 aliphatic carbocycles. The van der Waals surface area contributed by atoms with Crippen LogP contribution in [0.15, 0.2) is 34.8 Å². The smallest absolute Gasteiger partial charge is 0.207 e. The molecule has 5 nitrogen and oxygen atoms in total. The lowest BCUT2D eigenvalue weighted by atomic mass is 10.3. The number of hydrogen-bond acceptors (Lipinski definition) is 4. The molecule has 3 aromatic rings. The highest BCUT2D eigenvalue weighted by molar-refractivity contribution is 9.10. The Kier molecular flexibility index (Phi) is 3.10. The maximum atomic E-state index is 6.05. The van der Waals surface area contributed by atoms with Crippen LogP contribution in [0.4, 0.5) is 5.95 Å². The van der Waals surface area contributed by atoms with Gasteiger partial charge >= 0.3 is 0 Å². The average Bonchev–Trinajstić information content (AvgIpc) is 2.74. The molecule has 1 aromatic carbocycles. The summed E-state index contributed by atoms with van der Waals surface area (Å²) in [5.74, 6) is 1.09. The SMILES string of the molecule is COc1ccc(Br)cc1-n1c(N)nc2ccc(C)nc21. The molecule has 3 rings (SSSR count). The fourth-order valence-electron chi connectivity index (χ4n) is 2.14. The van der Waals surface area contributed by atoms with Crippen molar-refractivity contribution in [2.75, 3.05) is 12.8 Å². The van der Waals surface area contributed by atoms with Crippen molar-refractivity contribution < 1.29 is 4.74 Å². The number of nitrogen functional groups attached to an aromatic ring is 1. The van der Waals surface area contributed by atoms with Crippen molar-refractivity contribution in [2.45, 2.75) is 6.92 Å². The largest absolute Gasteiger partial charge is 0.495 e. The summed E-state index contributed by atoms with van der Waals surface area (Å²) >= 11 is 3.46. The number of nitrogens with zero attached hydrogens (tertiary/aromatic N) is 3. The van der Waals surface area contributed by atoms with Crippen LogP contribution in [0.3, 0.4) is 0 Å². The molecule has 0 spiro atoms. The maximum Gasteiger partial charge on any atom is 0.207 e. The summed E-state index contributed by atoms with van der Waals surface area (Å²) in [5, 5.41) is 0. The van der Waals surface area contributed by atoms with E-state index >= 15 is 0 Å². The molecule has 0 unspecified atom stereocenters. The minimum atomic E-state index is 0.384. The highest BCUT2D eigenvalue weighted by atomic mass is 79.9. The Labute approximate surface area is 124 Å². The van der Waals surface area contributed by atoms with Crippen molar-refractivity contribution in [1.82, 2.24) is 14.5 Å². The molecule has 2 aromatic heterocycles. The van der Waals surface area contributed by atoms with Crippen molar-refractivity contribution in [3.63, 3.8) is 0 Å². The molecule has 0 atom stereocenters. The second kappa shape index (κ2) is 4.79. The molecule has 102 valence electrons. The molecule has 0 aliphatic heterocycles. The molecule has 0 aliphatic rings. The normalized spacial score (nSPS) is 10.9. The third-order valence-electron chi connectivity index (χ3n) is 3.05. The van der Waals surface area contributed by atoms with Crippen molar-refractivity contribution in [1.29, 1.82) is 0 Å². The Hall–Kier alpha value is -2.08. The van der Waals surface area contributed by atoms with E-state index < -0.39 is 0 Å². The second-order valence-electron chi connectivity index (χ2n) is 4.42. The van der Waals surface area contributed by atoms with Gasteiger partial charge in [0, 0.05) is 10.2 Å². The lowest BCUT2D eigenvalue weighted by Crippen LogP contribution is -2.04. The quantitative estimate of drug-likeness (QED) is 0.783. The van der Waals surface area contributed by atoms with Gasteiger partial charge in [-0.05, 0) is 37.3 Å². The van der Waals surface area contributed by atoms with E-state index in [1.165, 1.54) is 0 Å². The number of hydrogen-bond donors (Lipinski definition) is 1. The molecule has 0 amide bonds. The van der Waals surface area contributed by atoms with Crippen molar-refractivity contribution in [3.8, 4) is 11.4 Å². The number of nitrogens with two attached hydrogens (primary N) is 1. The van der Waals surface area contributed by atoms with E-state index in [9.17, 15) is 0 Å². The van der Waals surface area contributed by atoms with Gasteiger partial charge in [-0.2, -0.15) is 0 Å². The molecule has 6 heteroatoms. The molecule has 2 heterocycles. The molecule has 2 N–H and O–H groups in total. The van der Waals surface area contributed by atoms with Crippen molar-refractivity contribution >= 4 is 33.0 Å². The van der Waals surface area contributed by atoms with Crippen LogP contribution in [0.5, 0.6) is 5.75 Å². The molecule has 20 heavy (non-hydrogen) atoms. The summed E-state index contributed by atoms with van der Waals surface area (Å²) in [6.45, 7) is 1.94. The van der Waals surface area contributed by atoms with Crippen molar-refractivity contribution in [2.24, 2.45) is 0 Å². The Morgan fingerprint density at radius 3 is 2.75 bits per heavy atom. The molecule has 0 saturated heterocycles. The van der Waals surface area contributed by atoms with Gasteiger partial charge in [0.15, 0.2) is 5.65 Å². The zero-order valence-electron chi connectivity index (χ0n) is 11.1. The standard InChI is InChI=1S/C14H13BrN4O/c1-8-3-5-10-13(17-8)19(14(16)18-10)11-7-9(15)4-6-12(11)20-2/h3-7H,1-2H3,(H2,16,18). The first-order valence-corrected chi connectivity index (χ1v) is 6.85. The highest BCUT2D eigenvalue weighted by Gasteiger charge is 2.15. The summed E-state index contributed by atoms with van der Waals surface area (Å²) in [4.78, 5) is 8.87. The molecule has 0 saturated carbocycles. The number of benzene rings is 1. The predicted octanol–water partition coefficient (Wildman–Crippen LogP) is 3.08. The summed E-state index contributed by atoms with van der Waals surface area (Å²) in [7, 11) is 1.63. The Balaban J connectivity index is 2.37. The maximum absolute atomic E-state index is 6.05. The van der Waals surface area contributed by atoms with Crippen LogP contribution < -0.4 is 10.5 Å². The number of aryl methyl sites for hydroxylation is 1. The Bertz CT molecular complexity index is 797. The van der Waals surface area contributed by atoms with E-state index in [1.54, 1.807) is 11.7 Å². The van der Waals surface area contributed by atoms with E-state index in [2.05, 4.69) is 25.9 Å². The minimum absolute atomic E-state index is 0.384. The summed E-state index contributed by atoms with van der Waals surface area (Å²) in [6.07, 6.45) is 0. The number of imidazole rings is 1. The number of anilines is 1. The predicted molar refractivity (Wildman–Crippen MR) is 82.3 cm³/mol. The monoisotopic (exact) mass is 332 g/mol. The summed E-state index contributed by atoms with van der Waals surface area (Å²) < 4.78 is 8.14. The topological polar surface area (TPSA) is 66.0 Å². The van der Waals surface area contributed by atoms with E-state index in [1.807, 2.05) is 37.3 Å². The van der Waals surface area contributed by atoms with Crippen LogP contribution in [-0.4, -0.2) is 21.6 Å². The summed E-state index contributed by atoms with van der Waals surface area (Å²) in [5.41, 5.74) is 9.25. The van der Waals surface area contributed by atoms with Gasteiger partial charge in [-0.15, -0.1) is 0 Å². The third kappa shape index (κ3) is 2.02. The van der Waals surface area contributed by atoms with E-state index in [-0.39, 0.29) is 0 Å². The number of fused-ring (bicyclic) bond motifs is 1. The summed E-state index contributed by atoms with van der Waals surface area (Å²) in [6, 6.07) is 9.55. The molecule has 0 radical (unpaired) electrons. The third-order valence-corrected chi connectivity index (χ3v) is 3.54. The fourth-order valence-corrected chi connectivity index (χ4v) is 2.49. The number of methoxy groups -OCH3 is 1. The number of aromatic nitrogens is 3. The first-order valence-electron chi connectivity index (χ1n) is 6.05. The van der Waals surface area contributed by atoms with Crippen LogP contribution in [0.25, 0.3) is 16.9 Å². The van der Waals surface area contributed by atoms with E-state index in [0.717, 1.165) is 27.0 Å². The number of halogens is 1. The molecular formula is C14H13BrN4O. The first kappa shape index (κ1) is 12.9. The highest BCUT2D eigenvalue weighted by Crippen LogP contribution is 2.31. The second-order valence-corrected chi connectivity index (χ2v) is 5.33. The van der Waals surface area contributed by atoms with Gasteiger partial charge < -0.3 is 10.5 Å². The first-order chi connectivity index (χ1) is 9.60. The fraction of sp³-hybridized carbons (Fsp3) is 0.143. The van der Waals surface area contributed by atoms with Gasteiger partial charge in [0.25, 0.3) is 0 Å². The number of ether oxygens (including phenoxy) is 1. The Morgan fingerprint density at radius 2 is 2.00 bits per heavy atom. The lowest BCUT2D eigenvalue weighted by molar-refractivity contribution is 0.413. The van der Waals surface area contributed by atoms with E-state index in [4.69, 9.17) is 10.5 Å². The van der Waals surface area contributed by atoms with Crippen LogP contribution in [-0.2, 0) is 0 Å². The van der Waals surface area contributed by atoms with Gasteiger partial charge in [-0.1, -0.05) is 15.9 Å².